The number of rotatable bonds is 3. The number of nitro benzene ring substituents is 1. The number of carbonyl (C=O) groups is 2. The molecule has 1 fully saturated rings. The molecule has 1 aliphatic rings. The molecule has 8 heteroatoms. The van der Waals surface area contributed by atoms with Gasteiger partial charge in [0.15, 0.2) is 0 Å². The highest BCUT2D eigenvalue weighted by molar-refractivity contribution is 5.96. The number of carbonyl (C=O) groups excluding carboxylic acids is 1. The van der Waals surface area contributed by atoms with Crippen LogP contribution in [0, 0.1) is 22.0 Å². The van der Waals surface area contributed by atoms with Crippen LogP contribution in [0.1, 0.15) is 17.3 Å². The van der Waals surface area contributed by atoms with Crippen molar-refractivity contribution in [2.75, 3.05) is 18.8 Å². The third kappa shape index (κ3) is 2.78. The van der Waals surface area contributed by atoms with Crippen LogP contribution in [0.25, 0.3) is 0 Å². The molecule has 1 aliphatic heterocycles. The number of aliphatic carboxylic acids is 1. The molecule has 0 spiro atoms. The van der Waals surface area contributed by atoms with Gasteiger partial charge in [0.1, 0.15) is 5.69 Å². The van der Waals surface area contributed by atoms with Crippen LogP contribution in [0.2, 0.25) is 0 Å². The first kappa shape index (κ1) is 14.8. The molecule has 0 radical (unpaired) electrons. The van der Waals surface area contributed by atoms with Gasteiger partial charge in [-0.2, -0.15) is 0 Å². The fourth-order valence-corrected chi connectivity index (χ4v) is 2.47. The topological polar surface area (TPSA) is 127 Å². The summed E-state index contributed by atoms with van der Waals surface area (Å²) >= 11 is 0. The number of amides is 1. The van der Waals surface area contributed by atoms with E-state index in [1.165, 1.54) is 17.0 Å². The average Bonchev–Trinajstić information content (AvgIpc) is 2.80. The second-order valence-electron chi connectivity index (χ2n) is 5.16. The highest BCUT2D eigenvalue weighted by Gasteiger charge is 2.37. The van der Waals surface area contributed by atoms with Gasteiger partial charge in [-0.3, -0.25) is 19.7 Å². The largest absolute Gasteiger partial charge is 0.481 e. The standard InChI is InChI=1S/C13H15N3O5/c1-7-5-15(6-9(7)13(18)19)12(17)8-2-3-10(14)11(4-8)16(20)21/h2-4,7,9H,5-6,14H2,1H3,(H,18,19)/t7-,9-/m1/s1. The van der Waals surface area contributed by atoms with Crippen molar-refractivity contribution in [3.63, 3.8) is 0 Å². The first-order valence-electron chi connectivity index (χ1n) is 6.37. The normalized spacial score (nSPS) is 21.3. The first-order valence-corrected chi connectivity index (χ1v) is 6.37. The molecule has 1 heterocycles. The second-order valence-corrected chi connectivity index (χ2v) is 5.16. The highest BCUT2D eigenvalue weighted by Crippen LogP contribution is 2.27. The molecule has 1 amide bonds. The summed E-state index contributed by atoms with van der Waals surface area (Å²) in [5.41, 5.74) is 5.27. The molecular weight excluding hydrogens is 278 g/mol. The number of nitro groups is 1. The molecule has 112 valence electrons. The van der Waals surface area contributed by atoms with Crippen molar-refractivity contribution in [2.24, 2.45) is 11.8 Å². The summed E-state index contributed by atoms with van der Waals surface area (Å²) in [7, 11) is 0. The molecule has 0 bridgehead atoms. The van der Waals surface area contributed by atoms with E-state index in [-0.39, 0.29) is 29.4 Å². The molecule has 1 aromatic carbocycles. The predicted molar refractivity (Wildman–Crippen MR) is 73.7 cm³/mol. The van der Waals surface area contributed by atoms with E-state index in [2.05, 4.69) is 0 Å². The van der Waals surface area contributed by atoms with Gasteiger partial charge < -0.3 is 15.7 Å². The van der Waals surface area contributed by atoms with Gasteiger partial charge in [-0.25, -0.2) is 0 Å². The zero-order chi connectivity index (χ0) is 15.7. The molecule has 0 aromatic heterocycles. The first-order chi connectivity index (χ1) is 9.81. The van der Waals surface area contributed by atoms with Gasteiger partial charge in [0, 0.05) is 24.7 Å². The molecule has 1 saturated heterocycles. The zero-order valence-corrected chi connectivity index (χ0v) is 11.4. The van der Waals surface area contributed by atoms with Crippen molar-refractivity contribution in [1.82, 2.24) is 4.90 Å². The Hall–Kier alpha value is -2.64. The molecule has 8 nitrogen and oxygen atoms in total. The SMILES string of the molecule is C[C@@H]1CN(C(=O)c2ccc(N)c([N+](=O)[O-])c2)C[C@H]1C(=O)O. The number of nitrogens with two attached hydrogens (primary N) is 1. The van der Waals surface area contributed by atoms with Crippen LogP contribution < -0.4 is 5.73 Å². The van der Waals surface area contributed by atoms with Crippen LogP contribution in [0.3, 0.4) is 0 Å². The van der Waals surface area contributed by atoms with E-state index in [0.717, 1.165) is 6.07 Å². The van der Waals surface area contributed by atoms with Crippen LogP contribution in [-0.2, 0) is 4.79 Å². The minimum atomic E-state index is -0.943. The molecule has 2 rings (SSSR count). The Balaban J connectivity index is 2.24. The van der Waals surface area contributed by atoms with Gasteiger partial charge in [-0.05, 0) is 18.1 Å². The summed E-state index contributed by atoms with van der Waals surface area (Å²) in [5.74, 6) is -2.14. The number of benzene rings is 1. The van der Waals surface area contributed by atoms with Crippen LogP contribution in [-0.4, -0.2) is 39.9 Å². The number of hydrogen-bond acceptors (Lipinski definition) is 5. The summed E-state index contributed by atoms with van der Waals surface area (Å²) in [4.78, 5) is 35.0. The Morgan fingerprint density at radius 2 is 2.10 bits per heavy atom. The fraction of sp³-hybridized carbons (Fsp3) is 0.385. The monoisotopic (exact) mass is 293 g/mol. The van der Waals surface area contributed by atoms with Gasteiger partial charge in [0.25, 0.3) is 11.6 Å². The van der Waals surface area contributed by atoms with E-state index in [1.807, 2.05) is 0 Å². The van der Waals surface area contributed by atoms with E-state index in [0.29, 0.717) is 6.54 Å². The van der Waals surface area contributed by atoms with E-state index in [9.17, 15) is 19.7 Å². The van der Waals surface area contributed by atoms with Crippen LogP contribution >= 0.6 is 0 Å². The van der Waals surface area contributed by atoms with Gasteiger partial charge >= 0.3 is 5.97 Å². The summed E-state index contributed by atoms with van der Waals surface area (Å²) < 4.78 is 0. The number of anilines is 1. The van der Waals surface area contributed by atoms with Crippen molar-refractivity contribution >= 4 is 23.3 Å². The van der Waals surface area contributed by atoms with Crippen molar-refractivity contribution in [3.05, 3.63) is 33.9 Å². The fourth-order valence-electron chi connectivity index (χ4n) is 2.47. The van der Waals surface area contributed by atoms with Crippen LogP contribution in [0.15, 0.2) is 18.2 Å². The highest BCUT2D eigenvalue weighted by atomic mass is 16.6. The van der Waals surface area contributed by atoms with Crippen molar-refractivity contribution in [2.45, 2.75) is 6.92 Å². The van der Waals surface area contributed by atoms with E-state index in [1.54, 1.807) is 6.92 Å². The quantitative estimate of drug-likeness (QED) is 0.485. The predicted octanol–water partition coefficient (Wildman–Crippen LogP) is 0.970. The number of likely N-dealkylation sites (tertiary alicyclic amines) is 1. The maximum Gasteiger partial charge on any atom is 0.308 e. The number of hydrogen-bond donors (Lipinski definition) is 2. The Morgan fingerprint density at radius 3 is 2.62 bits per heavy atom. The average molecular weight is 293 g/mol. The molecule has 0 unspecified atom stereocenters. The second kappa shape index (κ2) is 5.39. The maximum absolute atomic E-state index is 12.3. The van der Waals surface area contributed by atoms with Crippen molar-refractivity contribution in [1.29, 1.82) is 0 Å². The minimum absolute atomic E-state index is 0.0187. The summed E-state index contributed by atoms with van der Waals surface area (Å²) in [6, 6.07) is 3.83. The van der Waals surface area contributed by atoms with E-state index < -0.39 is 22.7 Å². The molecule has 0 saturated carbocycles. The lowest BCUT2D eigenvalue weighted by atomic mass is 9.99. The van der Waals surface area contributed by atoms with Gasteiger partial charge in [0.2, 0.25) is 0 Å². The smallest absolute Gasteiger partial charge is 0.308 e. The van der Waals surface area contributed by atoms with Crippen molar-refractivity contribution < 1.29 is 19.6 Å². The molecule has 2 atom stereocenters. The van der Waals surface area contributed by atoms with E-state index in [4.69, 9.17) is 10.8 Å². The molecule has 0 aliphatic carbocycles. The Bertz CT molecular complexity index is 616. The molecule has 21 heavy (non-hydrogen) atoms. The number of carboxylic acids is 1. The number of carboxylic acid groups (broad SMARTS) is 1. The molecular formula is C13H15N3O5. The zero-order valence-electron chi connectivity index (χ0n) is 11.4. The van der Waals surface area contributed by atoms with Gasteiger partial charge in [0.05, 0.1) is 10.8 Å². The minimum Gasteiger partial charge on any atom is -0.481 e. The van der Waals surface area contributed by atoms with Crippen LogP contribution in [0.5, 0.6) is 0 Å². The lowest BCUT2D eigenvalue weighted by molar-refractivity contribution is -0.383. The van der Waals surface area contributed by atoms with Gasteiger partial charge in [-0.15, -0.1) is 0 Å². The third-order valence-corrected chi connectivity index (χ3v) is 3.69. The summed E-state index contributed by atoms with van der Waals surface area (Å²) in [6.07, 6.45) is 0. The van der Waals surface area contributed by atoms with E-state index >= 15 is 0 Å². The summed E-state index contributed by atoms with van der Waals surface area (Å²) in [6.45, 7) is 2.18. The van der Waals surface area contributed by atoms with Crippen molar-refractivity contribution in [3.8, 4) is 0 Å². The Labute approximate surface area is 120 Å². The lowest BCUT2D eigenvalue weighted by Crippen LogP contribution is -2.30. The third-order valence-electron chi connectivity index (χ3n) is 3.69. The summed E-state index contributed by atoms with van der Waals surface area (Å²) in [5, 5.41) is 19.9. The number of nitrogen functional groups attached to an aromatic ring is 1. The molecule has 3 N–H and O–H groups in total. The molecule has 1 aromatic rings. The number of nitrogens with zero attached hydrogens (tertiary/aromatic N) is 2. The Kier molecular flexibility index (Phi) is 3.79. The van der Waals surface area contributed by atoms with Gasteiger partial charge in [-0.1, -0.05) is 6.92 Å². The maximum atomic E-state index is 12.3. The lowest BCUT2D eigenvalue weighted by Gasteiger charge is -2.16. The Morgan fingerprint density at radius 1 is 1.43 bits per heavy atom. The van der Waals surface area contributed by atoms with Crippen LogP contribution in [0.4, 0.5) is 11.4 Å².